The van der Waals surface area contributed by atoms with Crippen LogP contribution in [-0.2, 0) is 0 Å². The van der Waals surface area contributed by atoms with Crippen LogP contribution >= 0.6 is 11.8 Å². The van der Waals surface area contributed by atoms with Gasteiger partial charge in [-0.25, -0.2) is 9.59 Å². The molecule has 3 unspecified atom stereocenters. The first-order chi connectivity index (χ1) is 9.38. The Morgan fingerprint density at radius 3 is 2.65 bits per heavy atom. The summed E-state index contributed by atoms with van der Waals surface area (Å²) in [7, 11) is 0. The molecule has 0 saturated heterocycles. The number of thioether (sulfide) groups is 1. The summed E-state index contributed by atoms with van der Waals surface area (Å²) in [6.45, 7) is 6.08. The van der Waals surface area contributed by atoms with Gasteiger partial charge in [0.05, 0.1) is 0 Å². The summed E-state index contributed by atoms with van der Waals surface area (Å²) in [5.74, 6) is 0.295. The largest absolute Gasteiger partial charge is 0.478 e. The van der Waals surface area contributed by atoms with Crippen molar-refractivity contribution in [2.75, 3.05) is 0 Å². The Kier molecular flexibility index (Phi) is 4.52. The van der Waals surface area contributed by atoms with Gasteiger partial charge in [0.25, 0.3) is 0 Å². The number of carboxylic acid groups (broad SMARTS) is 1. The molecule has 2 N–H and O–H groups in total. The van der Waals surface area contributed by atoms with Crippen molar-refractivity contribution in [1.82, 2.24) is 9.97 Å². The molecule has 0 spiro atoms. The molecule has 1 saturated carbocycles. The number of rotatable bonds is 3. The summed E-state index contributed by atoms with van der Waals surface area (Å²) in [5, 5.41) is 9.98. The Balaban J connectivity index is 2.25. The van der Waals surface area contributed by atoms with Gasteiger partial charge < -0.3 is 10.1 Å². The van der Waals surface area contributed by atoms with Gasteiger partial charge in [0.2, 0.25) is 0 Å². The Morgan fingerprint density at radius 1 is 1.35 bits per heavy atom. The Morgan fingerprint density at radius 2 is 2.05 bits per heavy atom. The van der Waals surface area contributed by atoms with Crippen LogP contribution in [0.2, 0.25) is 0 Å². The smallest absolute Gasteiger partial charge is 0.346 e. The first kappa shape index (κ1) is 15.1. The molecule has 0 aromatic carbocycles. The van der Waals surface area contributed by atoms with E-state index in [1.54, 1.807) is 6.92 Å². The third-order valence-corrected chi connectivity index (χ3v) is 5.41. The van der Waals surface area contributed by atoms with Crippen LogP contribution in [0.4, 0.5) is 0 Å². The van der Waals surface area contributed by atoms with E-state index in [4.69, 9.17) is 0 Å². The lowest BCUT2D eigenvalue weighted by Crippen LogP contribution is -2.24. The van der Waals surface area contributed by atoms with E-state index in [-0.39, 0.29) is 5.56 Å². The van der Waals surface area contributed by atoms with Crippen molar-refractivity contribution in [2.45, 2.75) is 50.3 Å². The zero-order valence-electron chi connectivity index (χ0n) is 12.0. The lowest BCUT2D eigenvalue weighted by atomic mass is 9.81. The van der Waals surface area contributed by atoms with Crippen LogP contribution in [0, 0.1) is 18.8 Å². The number of carbonyl (C=O) groups is 1. The molecule has 1 aliphatic carbocycles. The number of hydrogen-bond donors (Lipinski definition) is 2. The van der Waals surface area contributed by atoms with Crippen molar-refractivity contribution in [2.24, 2.45) is 11.8 Å². The van der Waals surface area contributed by atoms with Crippen LogP contribution in [0.15, 0.2) is 9.82 Å². The van der Waals surface area contributed by atoms with Gasteiger partial charge in [-0.15, -0.1) is 11.8 Å². The average Bonchev–Trinajstić information content (AvgIpc) is 2.32. The number of aryl methyl sites for hydroxylation is 1. The lowest BCUT2D eigenvalue weighted by molar-refractivity contribution is 0.0690. The predicted molar refractivity (Wildman–Crippen MR) is 78.4 cm³/mol. The van der Waals surface area contributed by atoms with E-state index < -0.39 is 11.7 Å². The summed E-state index contributed by atoms with van der Waals surface area (Å²) in [4.78, 5) is 29.1. The molecule has 1 fully saturated rings. The molecule has 0 amide bonds. The highest BCUT2D eigenvalue weighted by Gasteiger charge is 2.27. The van der Waals surface area contributed by atoms with Gasteiger partial charge in [-0.3, -0.25) is 0 Å². The molecular weight excluding hydrogens is 276 g/mol. The van der Waals surface area contributed by atoms with Gasteiger partial charge in [0.1, 0.15) is 10.6 Å². The molecule has 1 heterocycles. The Hall–Kier alpha value is -1.30. The van der Waals surface area contributed by atoms with Gasteiger partial charge in [-0.05, 0) is 38.0 Å². The van der Waals surface area contributed by atoms with Gasteiger partial charge >= 0.3 is 11.7 Å². The van der Waals surface area contributed by atoms with E-state index in [9.17, 15) is 14.7 Å². The van der Waals surface area contributed by atoms with Gasteiger partial charge in [0, 0.05) is 10.9 Å². The fourth-order valence-corrected chi connectivity index (χ4v) is 4.12. The molecule has 5 nitrogen and oxygen atoms in total. The summed E-state index contributed by atoms with van der Waals surface area (Å²) in [6, 6.07) is 0. The molecular formula is C14H20N2O3S. The molecule has 1 aromatic rings. The quantitative estimate of drug-likeness (QED) is 0.838. The third kappa shape index (κ3) is 3.23. The lowest BCUT2D eigenvalue weighted by Gasteiger charge is -2.31. The first-order valence-corrected chi connectivity index (χ1v) is 7.77. The maximum atomic E-state index is 11.5. The first-order valence-electron chi connectivity index (χ1n) is 6.89. The minimum atomic E-state index is -1.04. The molecule has 20 heavy (non-hydrogen) atoms. The summed E-state index contributed by atoms with van der Waals surface area (Å²) in [6.07, 6.45) is 3.23. The van der Waals surface area contributed by atoms with E-state index >= 15 is 0 Å². The highest BCUT2D eigenvalue weighted by Crippen LogP contribution is 2.39. The molecule has 0 aliphatic heterocycles. The number of H-pyrrole nitrogens is 1. The van der Waals surface area contributed by atoms with Crippen molar-refractivity contribution in [3.63, 3.8) is 0 Å². The monoisotopic (exact) mass is 296 g/mol. The standard InChI is InChI=1S/C14H20N2O3S/c1-7-4-5-10(6-8(7)2)20-12-11(13(17)18)9(3)15-14(19)16-12/h7-8,10H,4-6H2,1-3H3,(H,17,18)(H,15,16,19). The Bertz CT molecular complexity index is 570. The topological polar surface area (TPSA) is 83.0 Å². The highest BCUT2D eigenvalue weighted by molar-refractivity contribution is 7.99. The van der Waals surface area contributed by atoms with Crippen LogP contribution in [0.5, 0.6) is 0 Å². The predicted octanol–water partition coefficient (Wildman–Crippen LogP) is 2.69. The van der Waals surface area contributed by atoms with Gasteiger partial charge in [-0.1, -0.05) is 13.8 Å². The van der Waals surface area contributed by atoms with E-state index in [0.717, 1.165) is 19.3 Å². The fraction of sp³-hybridized carbons (Fsp3) is 0.643. The van der Waals surface area contributed by atoms with Crippen LogP contribution in [-0.4, -0.2) is 26.3 Å². The van der Waals surface area contributed by atoms with Crippen molar-refractivity contribution in [3.05, 3.63) is 21.7 Å². The number of nitrogens with zero attached hydrogens (tertiary/aromatic N) is 1. The zero-order valence-corrected chi connectivity index (χ0v) is 12.8. The van der Waals surface area contributed by atoms with Crippen LogP contribution in [0.25, 0.3) is 0 Å². The molecule has 0 bridgehead atoms. The highest BCUT2D eigenvalue weighted by atomic mass is 32.2. The van der Waals surface area contributed by atoms with E-state index in [1.807, 2.05) is 0 Å². The number of aromatic amines is 1. The number of nitrogens with one attached hydrogen (secondary N) is 1. The fourth-order valence-electron chi connectivity index (χ4n) is 2.66. The van der Waals surface area contributed by atoms with Gasteiger partial charge in [-0.2, -0.15) is 4.98 Å². The average molecular weight is 296 g/mol. The number of aromatic nitrogens is 2. The second-order valence-electron chi connectivity index (χ2n) is 5.66. The van der Waals surface area contributed by atoms with Crippen molar-refractivity contribution < 1.29 is 9.90 Å². The van der Waals surface area contributed by atoms with Gasteiger partial charge in [0.15, 0.2) is 0 Å². The number of hydrogen-bond acceptors (Lipinski definition) is 4. The molecule has 2 rings (SSSR count). The number of carboxylic acids is 1. The summed E-state index contributed by atoms with van der Waals surface area (Å²) in [5.41, 5.74) is 0.0188. The minimum Gasteiger partial charge on any atom is -0.478 e. The molecule has 3 atom stereocenters. The number of aromatic carboxylic acids is 1. The van der Waals surface area contributed by atoms with E-state index in [2.05, 4.69) is 23.8 Å². The second-order valence-corrected chi connectivity index (χ2v) is 6.95. The van der Waals surface area contributed by atoms with Crippen molar-refractivity contribution >= 4 is 17.7 Å². The van der Waals surface area contributed by atoms with E-state index in [0.29, 0.717) is 27.8 Å². The molecule has 0 radical (unpaired) electrons. The van der Waals surface area contributed by atoms with Crippen molar-refractivity contribution in [3.8, 4) is 0 Å². The molecule has 110 valence electrons. The maximum Gasteiger partial charge on any atom is 0.346 e. The second kappa shape index (κ2) is 5.99. The van der Waals surface area contributed by atoms with Crippen LogP contribution < -0.4 is 5.69 Å². The molecule has 1 aliphatic rings. The SMILES string of the molecule is Cc1[nH]c(=O)nc(SC2CCC(C)C(C)C2)c1C(=O)O. The maximum absolute atomic E-state index is 11.5. The Labute approximate surface area is 122 Å². The summed E-state index contributed by atoms with van der Waals surface area (Å²) >= 11 is 1.44. The molecule has 1 aromatic heterocycles. The van der Waals surface area contributed by atoms with Crippen molar-refractivity contribution in [1.29, 1.82) is 0 Å². The van der Waals surface area contributed by atoms with E-state index in [1.165, 1.54) is 11.8 Å². The van der Waals surface area contributed by atoms with Crippen LogP contribution in [0.3, 0.4) is 0 Å². The minimum absolute atomic E-state index is 0.126. The summed E-state index contributed by atoms with van der Waals surface area (Å²) < 4.78 is 0. The van der Waals surface area contributed by atoms with Crippen LogP contribution in [0.1, 0.15) is 49.2 Å². The zero-order chi connectivity index (χ0) is 14.9. The third-order valence-electron chi connectivity index (χ3n) is 4.13. The molecule has 6 heteroatoms. The normalized spacial score (nSPS) is 26.4.